The van der Waals surface area contributed by atoms with Gasteiger partial charge in [-0.3, -0.25) is 19.6 Å². The van der Waals surface area contributed by atoms with Gasteiger partial charge in [0.2, 0.25) is 0 Å². The summed E-state index contributed by atoms with van der Waals surface area (Å²) in [7, 11) is -4.09. The molecule has 0 saturated heterocycles. The summed E-state index contributed by atoms with van der Waals surface area (Å²) in [6.07, 6.45) is 0. The average molecular weight is 474 g/mol. The van der Waals surface area contributed by atoms with Crippen molar-refractivity contribution in [2.75, 3.05) is 10.0 Å². The quantitative estimate of drug-likeness (QED) is 0.375. The molecule has 0 unspecified atom stereocenters. The second kappa shape index (κ2) is 8.97. The summed E-state index contributed by atoms with van der Waals surface area (Å²) in [6, 6.07) is 13.3. The number of amides is 1. The highest BCUT2D eigenvalue weighted by atomic mass is 35.5. The van der Waals surface area contributed by atoms with Crippen molar-refractivity contribution in [3.05, 3.63) is 92.0 Å². The predicted octanol–water partition coefficient (Wildman–Crippen LogP) is 5.23. The van der Waals surface area contributed by atoms with Crippen LogP contribution in [-0.2, 0) is 10.0 Å². The molecule has 10 heteroatoms. The molecule has 8 nitrogen and oxygen atoms in total. The molecule has 0 aliphatic rings. The first-order valence-electron chi connectivity index (χ1n) is 9.44. The van der Waals surface area contributed by atoms with Crippen LogP contribution in [-0.4, -0.2) is 19.2 Å². The van der Waals surface area contributed by atoms with Gasteiger partial charge in [0.15, 0.2) is 0 Å². The Hall–Kier alpha value is -3.43. The van der Waals surface area contributed by atoms with Crippen molar-refractivity contribution in [1.82, 2.24) is 0 Å². The number of nitro benzene ring substituents is 1. The number of hydrogen-bond acceptors (Lipinski definition) is 5. The van der Waals surface area contributed by atoms with Crippen LogP contribution < -0.4 is 10.0 Å². The lowest BCUT2D eigenvalue weighted by Gasteiger charge is -2.14. The Morgan fingerprint density at radius 3 is 2.28 bits per heavy atom. The molecular weight excluding hydrogens is 454 g/mol. The smallest absolute Gasteiger partial charge is 0.271 e. The number of nitro groups is 1. The van der Waals surface area contributed by atoms with Crippen LogP contribution in [0, 0.1) is 30.9 Å². The summed E-state index contributed by atoms with van der Waals surface area (Å²) >= 11 is 6.14. The van der Waals surface area contributed by atoms with Crippen LogP contribution in [0.2, 0.25) is 5.02 Å². The van der Waals surface area contributed by atoms with Crippen molar-refractivity contribution < 1.29 is 18.1 Å². The SMILES string of the molecule is Cc1ccc(C)c(NS(=O)(=O)c2cc(C(=O)Nc3cc([N+](=O)[O-])ccc3C)ccc2Cl)c1. The average Bonchev–Trinajstić information content (AvgIpc) is 2.72. The van der Waals surface area contributed by atoms with E-state index >= 15 is 0 Å². The van der Waals surface area contributed by atoms with Gasteiger partial charge in [-0.1, -0.05) is 29.8 Å². The van der Waals surface area contributed by atoms with Crippen molar-refractivity contribution in [1.29, 1.82) is 0 Å². The highest BCUT2D eigenvalue weighted by molar-refractivity contribution is 7.92. The van der Waals surface area contributed by atoms with Crippen LogP contribution in [0.1, 0.15) is 27.0 Å². The molecule has 0 aliphatic heterocycles. The van der Waals surface area contributed by atoms with E-state index in [1.165, 1.54) is 30.3 Å². The zero-order chi connectivity index (χ0) is 23.6. The van der Waals surface area contributed by atoms with Crippen LogP contribution in [0.5, 0.6) is 0 Å². The molecule has 32 heavy (non-hydrogen) atoms. The van der Waals surface area contributed by atoms with E-state index in [0.29, 0.717) is 11.3 Å². The first-order chi connectivity index (χ1) is 15.0. The van der Waals surface area contributed by atoms with Gasteiger partial charge in [-0.25, -0.2) is 8.42 Å². The van der Waals surface area contributed by atoms with Crippen molar-refractivity contribution in [3.63, 3.8) is 0 Å². The Morgan fingerprint density at radius 2 is 1.59 bits per heavy atom. The lowest BCUT2D eigenvalue weighted by Crippen LogP contribution is -2.17. The van der Waals surface area contributed by atoms with Gasteiger partial charge in [0.1, 0.15) is 4.90 Å². The molecule has 0 heterocycles. The second-order valence-corrected chi connectivity index (χ2v) is 9.34. The summed E-state index contributed by atoms with van der Waals surface area (Å²) in [6.45, 7) is 5.29. The van der Waals surface area contributed by atoms with Crippen LogP contribution >= 0.6 is 11.6 Å². The molecule has 0 spiro atoms. The fourth-order valence-electron chi connectivity index (χ4n) is 2.95. The van der Waals surface area contributed by atoms with E-state index in [4.69, 9.17) is 11.6 Å². The first kappa shape index (κ1) is 23.2. The maximum atomic E-state index is 13.0. The van der Waals surface area contributed by atoms with Gasteiger partial charge in [-0.15, -0.1) is 0 Å². The van der Waals surface area contributed by atoms with Crippen molar-refractivity contribution >= 4 is 44.6 Å². The number of nitrogens with zero attached hydrogens (tertiary/aromatic N) is 1. The third-order valence-corrected chi connectivity index (χ3v) is 6.65. The Balaban J connectivity index is 1.93. The van der Waals surface area contributed by atoms with Gasteiger partial charge in [0, 0.05) is 17.7 Å². The van der Waals surface area contributed by atoms with E-state index in [1.807, 2.05) is 13.0 Å². The fraction of sp³-hybridized carbons (Fsp3) is 0.136. The topological polar surface area (TPSA) is 118 Å². The third-order valence-electron chi connectivity index (χ3n) is 4.80. The Bertz CT molecular complexity index is 1340. The van der Waals surface area contributed by atoms with E-state index in [-0.39, 0.29) is 26.9 Å². The molecule has 0 aliphatic carbocycles. The highest BCUT2D eigenvalue weighted by Crippen LogP contribution is 2.28. The minimum absolute atomic E-state index is 0.0293. The molecule has 166 valence electrons. The number of benzene rings is 3. The molecular formula is C22H20ClN3O5S. The minimum atomic E-state index is -4.09. The highest BCUT2D eigenvalue weighted by Gasteiger charge is 2.22. The van der Waals surface area contributed by atoms with Crippen LogP contribution in [0.3, 0.4) is 0 Å². The summed E-state index contributed by atoms with van der Waals surface area (Å²) in [5, 5.41) is 13.5. The lowest BCUT2D eigenvalue weighted by atomic mass is 10.1. The van der Waals surface area contributed by atoms with E-state index in [9.17, 15) is 23.3 Å². The molecule has 0 atom stereocenters. The zero-order valence-corrected chi connectivity index (χ0v) is 19.0. The third kappa shape index (κ3) is 5.06. The van der Waals surface area contributed by atoms with Crippen LogP contribution in [0.15, 0.2) is 59.5 Å². The standard InChI is InChI=1S/C22H20ClN3O5S/c1-13-4-5-15(3)20(10-13)25-32(30,31)21-11-16(7-9-18(21)23)22(27)24-19-12-17(26(28)29)8-6-14(19)2/h4-12,25H,1-3H3,(H,24,27). The number of hydrogen-bond donors (Lipinski definition) is 2. The van der Waals surface area contributed by atoms with Crippen molar-refractivity contribution in [3.8, 4) is 0 Å². The summed E-state index contributed by atoms with van der Waals surface area (Å²) < 4.78 is 28.5. The number of sulfonamides is 1. The van der Waals surface area contributed by atoms with Crippen LogP contribution in [0.25, 0.3) is 0 Å². The molecule has 3 rings (SSSR count). The Morgan fingerprint density at radius 1 is 0.938 bits per heavy atom. The first-order valence-corrected chi connectivity index (χ1v) is 11.3. The number of rotatable bonds is 6. The molecule has 3 aromatic carbocycles. The van der Waals surface area contributed by atoms with Crippen molar-refractivity contribution in [2.24, 2.45) is 0 Å². The van der Waals surface area contributed by atoms with Gasteiger partial charge in [0.05, 0.1) is 21.3 Å². The Labute approximate surface area is 190 Å². The largest absolute Gasteiger partial charge is 0.321 e. The molecule has 0 aromatic heterocycles. The number of carbonyl (C=O) groups excluding carboxylic acids is 1. The van der Waals surface area contributed by atoms with Crippen LogP contribution in [0.4, 0.5) is 17.1 Å². The van der Waals surface area contributed by atoms with E-state index in [2.05, 4.69) is 10.0 Å². The molecule has 1 amide bonds. The molecule has 0 radical (unpaired) electrons. The molecule has 3 aromatic rings. The molecule has 2 N–H and O–H groups in total. The van der Waals surface area contributed by atoms with Crippen molar-refractivity contribution in [2.45, 2.75) is 25.7 Å². The minimum Gasteiger partial charge on any atom is -0.321 e. The normalized spacial score (nSPS) is 11.1. The zero-order valence-electron chi connectivity index (χ0n) is 17.5. The monoisotopic (exact) mass is 473 g/mol. The lowest BCUT2D eigenvalue weighted by molar-refractivity contribution is -0.384. The van der Waals surface area contributed by atoms with Gasteiger partial charge < -0.3 is 5.32 Å². The van der Waals surface area contributed by atoms with E-state index in [0.717, 1.165) is 17.2 Å². The van der Waals surface area contributed by atoms with Gasteiger partial charge in [0.25, 0.3) is 21.6 Å². The number of nitrogens with one attached hydrogen (secondary N) is 2. The van der Waals surface area contributed by atoms with E-state index < -0.39 is 20.9 Å². The molecule has 0 bridgehead atoms. The molecule has 0 fully saturated rings. The predicted molar refractivity (Wildman–Crippen MR) is 124 cm³/mol. The van der Waals surface area contributed by atoms with E-state index in [1.54, 1.807) is 26.0 Å². The maximum absolute atomic E-state index is 13.0. The van der Waals surface area contributed by atoms with Gasteiger partial charge in [-0.2, -0.15) is 0 Å². The fourth-order valence-corrected chi connectivity index (χ4v) is 4.60. The number of aryl methyl sites for hydroxylation is 3. The number of carbonyl (C=O) groups is 1. The summed E-state index contributed by atoms with van der Waals surface area (Å²) in [4.78, 5) is 22.9. The summed E-state index contributed by atoms with van der Waals surface area (Å²) in [5.41, 5.74) is 2.72. The maximum Gasteiger partial charge on any atom is 0.271 e. The Kier molecular flexibility index (Phi) is 6.52. The van der Waals surface area contributed by atoms with Gasteiger partial charge in [-0.05, 0) is 61.7 Å². The number of non-ortho nitro benzene ring substituents is 1. The second-order valence-electron chi connectivity index (χ2n) is 7.28. The number of anilines is 2. The molecule has 0 saturated carbocycles. The summed E-state index contributed by atoms with van der Waals surface area (Å²) in [5.74, 6) is -0.631. The van der Waals surface area contributed by atoms with Gasteiger partial charge >= 0.3 is 0 Å². The number of halogens is 1.